The molecule has 2 aromatic rings. The number of sulfone groups is 1. The maximum Gasteiger partial charge on any atom is 0.416 e. The molecule has 0 saturated heterocycles. The Morgan fingerprint density at radius 2 is 1.77 bits per heavy atom. The van der Waals surface area contributed by atoms with E-state index in [2.05, 4.69) is 5.32 Å². The van der Waals surface area contributed by atoms with Crippen LogP contribution in [0.5, 0.6) is 0 Å². The Kier molecular flexibility index (Phi) is 6.13. The van der Waals surface area contributed by atoms with Crippen molar-refractivity contribution >= 4 is 27.1 Å². The Morgan fingerprint density at radius 1 is 1.10 bits per heavy atom. The Hall–Kier alpha value is -1.80. The lowest BCUT2D eigenvalue weighted by atomic mass is 9.69. The van der Waals surface area contributed by atoms with E-state index in [0.29, 0.717) is 31.1 Å². The van der Waals surface area contributed by atoms with Crippen LogP contribution in [0, 0.1) is 17.7 Å². The van der Waals surface area contributed by atoms with Crippen LogP contribution in [0.15, 0.2) is 47.4 Å². The van der Waals surface area contributed by atoms with Gasteiger partial charge in [-0.15, -0.1) is 0 Å². The van der Waals surface area contributed by atoms with Crippen LogP contribution in [0.2, 0.25) is 5.02 Å². The van der Waals surface area contributed by atoms with E-state index in [1.165, 1.54) is 18.2 Å². The van der Waals surface area contributed by atoms with Crippen LogP contribution >= 0.6 is 11.6 Å². The lowest BCUT2D eigenvalue weighted by Crippen LogP contribution is -2.47. The van der Waals surface area contributed by atoms with Crippen molar-refractivity contribution in [2.75, 3.05) is 11.9 Å². The van der Waals surface area contributed by atoms with Gasteiger partial charge in [-0.05, 0) is 74.9 Å². The minimum absolute atomic E-state index is 0.0332. The van der Waals surface area contributed by atoms with Crippen LogP contribution in [0.4, 0.5) is 23.2 Å². The molecule has 0 bridgehead atoms. The summed E-state index contributed by atoms with van der Waals surface area (Å²) in [6.07, 6.45) is -3.40. The zero-order valence-electron chi connectivity index (χ0n) is 16.4. The topological polar surface area (TPSA) is 46.2 Å². The van der Waals surface area contributed by atoms with Crippen molar-refractivity contribution in [3.8, 4) is 0 Å². The number of halogens is 5. The number of alkyl halides is 3. The monoisotopic (exact) mass is 463 g/mol. The van der Waals surface area contributed by atoms with Gasteiger partial charge in [0.25, 0.3) is 0 Å². The molecule has 3 nitrogen and oxygen atoms in total. The molecule has 1 aliphatic carbocycles. The molecule has 164 valence electrons. The van der Waals surface area contributed by atoms with E-state index >= 15 is 0 Å². The molecule has 0 radical (unpaired) electrons. The normalized spacial score (nSPS) is 20.0. The highest BCUT2D eigenvalue weighted by atomic mass is 35.5. The fourth-order valence-corrected chi connectivity index (χ4v) is 5.60. The molecule has 1 aliphatic rings. The molecule has 0 atom stereocenters. The summed E-state index contributed by atoms with van der Waals surface area (Å²) in [7, 11) is -3.97. The molecule has 0 heterocycles. The van der Waals surface area contributed by atoms with E-state index in [4.69, 9.17) is 11.6 Å². The van der Waals surface area contributed by atoms with Gasteiger partial charge in [-0.2, -0.15) is 13.2 Å². The maximum absolute atomic E-state index is 13.5. The third-order valence-electron chi connectivity index (χ3n) is 5.90. The lowest BCUT2D eigenvalue weighted by molar-refractivity contribution is -0.137. The minimum Gasteiger partial charge on any atom is -0.385 e. The number of hydrogen-bond donors (Lipinski definition) is 1. The van der Waals surface area contributed by atoms with Crippen molar-refractivity contribution in [2.24, 2.45) is 11.8 Å². The SMILES string of the molecule is CC(C)([C@H]1C[C@H](CNc2ccc(Cl)c(F)c2)C1)S(=O)(=O)c1cccc(C(F)(F)F)c1. The molecule has 9 heteroatoms. The third-order valence-corrected chi connectivity index (χ3v) is 8.80. The Labute approximate surface area is 178 Å². The first-order chi connectivity index (χ1) is 13.8. The molecule has 2 aromatic carbocycles. The van der Waals surface area contributed by atoms with Crippen LogP contribution in [0.3, 0.4) is 0 Å². The Morgan fingerprint density at radius 3 is 2.37 bits per heavy atom. The molecule has 1 saturated carbocycles. The highest BCUT2D eigenvalue weighted by Crippen LogP contribution is 2.46. The summed E-state index contributed by atoms with van der Waals surface area (Å²) in [4.78, 5) is -0.319. The highest BCUT2D eigenvalue weighted by molar-refractivity contribution is 7.92. The summed E-state index contributed by atoms with van der Waals surface area (Å²) < 4.78 is 77.4. The number of rotatable bonds is 6. The van der Waals surface area contributed by atoms with Gasteiger partial charge in [-0.25, -0.2) is 12.8 Å². The Balaban J connectivity index is 1.66. The second kappa shape index (κ2) is 8.04. The minimum atomic E-state index is -4.61. The van der Waals surface area contributed by atoms with E-state index in [0.717, 1.165) is 12.1 Å². The van der Waals surface area contributed by atoms with Gasteiger partial charge < -0.3 is 5.32 Å². The summed E-state index contributed by atoms with van der Waals surface area (Å²) in [5.74, 6) is -0.531. The van der Waals surface area contributed by atoms with Gasteiger partial charge in [-0.3, -0.25) is 0 Å². The van der Waals surface area contributed by atoms with Gasteiger partial charge in [0.2, 0.25) is 0 Å². The number of benzene rings is 2. The first-order valence-electron chi connectivity index (χ1n) is 9.43. The van der Waals surface area contributed by atoms with Crippen LogP contribution < -0.4 is 5.32 Å². The number of nitrogens with one attached hydrogen (secondary N) is 1. The average Bonchev–Trinajstić information content (AvgIpc) is 2.62. The van der Waals surface area contributed by atoms with Gasteiger partial charge in [0.1, 0.15) is 5.82 Å². The predicted molar refractivity (Wildman–Crippen MR) is 109 cm³/mol. The number of anilines is 1. The summed E-state index contributed by atoms with van der Waals surface area (Å²) in [6.45, 7) is 3.66. The van der Waals surface area contributed by atoms with Crippen molar-refractivity contribution in [3.63, 3.8) is 0 Å². The molecule has 0 spiro atoms. The zero-order chi connectivity index (χ0) is 22.3. The van der Waals surface area contributed by atoms with Crippen LogP contribution in [0.1, 0.15) is 32.3 Å². The molecular weight excluding hydrogens is 442 g/mol. The van der Waals surface area contributed by atoms with Crippen molar-refractivity contribution < 1.29 is 26.0 Å². The van der Waals surface area contributed by atoms with Gasteiger partial charge in [0, 0.05) is 12.2 Å². The van der Waals surface area contributed by atoms with Gasteiger partial charge in [0.15, 0.2) is 9.84 Å². The molecule has 0 aromatic heterocycles. The summed E-state index contributed by atoms with van der Waals surface area (Å²) >= 11 is 5.66. The fourth-order valence-electron chi connectivity index (χ4n) is 3.70. The van der Waals surface area contributed by atoms with Crippen molar-refractivity contribution in [2.45, 2.75) is 42.5 Å². The quantitative estimate of drug-likeness (QED) is 0.520. The summed E-state index contributed by atoms with van der Waals surface area (Å²) in [6, 6.07) is 8.28. The number of hydrogen-bond acceptors (Lipinski definition) is 3. The molecule has 0 amide bonds. The zero-order valence-corrected chi connectivity index (χ0v) is 18.0. The second-order valence-corrected chi connectivity index (χ2v) is 11.1. The van der Waals surface area contributed by atoms with E-state index < -0.39 is 32.1 Å². The van der Waals surface area contributed by atoms with Gasteiger partial charge in [0.05, 0.1) is 20.2 Å². The predicted octanol–water partition coefficient (Wildman–Crippen LogP) is 6.19. The highest BCUT2D eigenvalue weighted by Gasteiger charge is 2.48. The summed E-state index contributed by atoms with van der Waals surface area (Å²) in [5, 5.41) is 3.14. The first kappa shape index (κ1) is 22.9. The van der Waals surface area contributed by atoms with Crippen molar-refractivity contribution in [1.29, 1.82) is 0 Å². The molecule has 0 aliphatic heterocycles. The third kappa shape index (κ3) is 4.44. The van der Waals surface area contributed by atoms with Crippen molar-refractivity contribution in [1.82, 2.24) is 0 Å². The average molecular weight is 464 g/mol. The Bertz CT molecular complexity index is 1030. The lowest BCUT2D eigenvalue weighted by Gasteiger charge is -2.45. The van der Waals surface area contributed by atoms with Crippen LogP contribution in [-0.2, 0) is 16.0 Å². The van der Waals surface area contributed by atoms with E-state index in [-0.39, 0.29) is 21.8 Å². The van der Waals surface area contributed by atoms with Crippen LogP contribution in [-0.4, -0.2) is 19.7 Å². The smallest absolute Gasteiger partial charge is 0.385 e. The summed E-state index contributed by atoms with van der Waals surface area (Å²) in [5.41, 5.74) is -0.401. The van der Waals surface area contributed by atoms with Crippen LogP contribution in [0.25, 0.3) is 0 Å². The first-order valence-corrected chi connectivity index (χ1v) is 11.3. The van der Waals surface area contributed by atoms with E-state index in [9.17, 15) is 26.0 Å². The fraction of sp³-hybridized carbons (Fsp3) is 0.429. The van der Waals surface area contributed by atoms with Gasteiger partial charge in [-0.1, -0.05) is 17.7 Å². The standard InChI is InChI=1S/C21H22ClF4NO2S/c1-20(2,30(28,29)17-5-3-4-14(10-17)21(24,25)26)15-8-13(9-15)12-27-16-6-7-18(22)19(23)11-16/h3-7,10-11,13,15,27H,8-9,12H2,1-2H3/t13-,15-. The van der Waals surface area contributed by atoms with Gasteiger partial charge >= 0.3 is 6.18 Å². The second-order valence-electron chi connectivity index (χ2n) is 8.18. The molecule has 3 rings (SSSR count). The maximum atomic E-state index is 13.5. The molecule has 30 heavy (non-hydrogen) atoms. The largest absolute Gasteiger partial charge is 0.416 e. The molecular formula is C21H22ClF4NO2S. The molecule has 1 fully saturated rings. The molecule has 1 N–H and O–H groups in total. The van der Waals surface area contributed by atoms with E-state index in [1.54, 1.807) is 19.9 Å². The molecule has 0 unspecified atom stereocenters. The van der Waals surface area contributed by atoms with Crippen molar-refractivity contribution in [3.05, 3.63) is 58.9 Å². The van der Waals surface area contributed by atoms with E-state index in [1.807, 2.05) is 0 Å².